The van der Waals surface area contributed by atoms with E-state index in [-0.39, 0.29) is 0 Å². The van der Waals surface area contributed by atoms with Crippen LogP contribution in [0.4, 0.5) is 5.82 Å². The standard InChI is InChI=1S/C10H17N3O/c1-10(14)5-3-6-13(8-10)9-4-7-12(2)11-9/h4,7,14H,3,5-6,8H2,1-2H3/t10-/m0/s1. The number of aromatic nitrogens is 2. The Bertz CT molecular complexity index is 319. The fourth-order valence-corrected chi connectivity index (χ4v) is 1.99. The maximum atomic E-state index is 9.94. The molecule has 1 N–H and O–H groups in total. The zero-order chi connectivity index (χ0) is 10.2. The van der Waals surface area contributed by atoms with E-state index in [2.05, 4.69) is 10.00 Å². The lowest BCUT2D eigenvalue weighted by Crippen LogP contribution is -2.46. The van der Waals surface area contributed by atoms with E-state index in [9.17, 15) is 5.11 Å². The molecule has 1 aliphatic rings. The van der Waals surface area contributed by atoms with Gasteiger partial charge in [-0.15, -0.1) is 0 Å². The average molecular weight is 195 g/mol. The Balaban J connectivity index is 2.12. The molecular formula is C10H17N3O. The fraction of sp³-hybridized carbons (Fsp3) is 0.700. The number of hydrogen-bond acceptors (Lipinski definition) is 3. The first-order valence-corrected chi connectivity index (χ1v) is 5.04. The molecule has 0 aliphatic carbocycles. The molecule has 0 spiro atoms. The zero-order valence-electron chi connectivity index (χ0n) is 8.77. The predicted molar refractivity (Wildman–Crippen MR) is 55.3 cm³/mol. The van der Waals surface area contributed by atoms with E-state index in [0.717, 1.165) is 25.2 Å². The molecule has 1 aliphatic heterocycles. The summed E-state index contributed by atoms with van der Waals surface area (Å²) in [6.45, 7) is 3.57. The third-order valence-corrected chi connectivity index (χ3v) is 2.70. The molecule has 0 unspecified atom stereocenters. The molecule has 0 radical (unpaired) electrons. The normalized spacial score (nSPS) is 28.1. The summed E-state index contributed by atoms with van der Waals surface area (Å²) in [7, 11) is 1.91. The van der Waals surface area contributed by atoms with Crippen molar-refractivity contribution in [2.75, 3.05) is 18.0 Å². The summed E-state index contributed by atoms with van der Waals surface area (Å²) in [5.41, 5.74) is -0.560. The molecule has 14 heavy (non-hydrogen) atoms. The van der Waals surface area contributed by atoms with Gasteiger partial charge in [0.25, 0.3) is 0 Å². The number of nitrogens with zero attached hydrogens (tertiary/aromatic N) is 3. The molecule has 1 saturated heterocycles. The van der Waals surface area contributed by atoms with E-state index in [1.807, 2.05) is 26.2 Å². The number of β-amino-alcohol motifs (C(OH)–C–C–N with tert-alkyl or cyclic N) is 1. The van der Waals surface area contributed by atoms with Crippen LogP contribution in [0.2, 0.25) is 0 Å². The summed E-state index contributed by atoms with van der Waals surface area (Å²) >= 11 is 0. The lowest BCUT2D eigenvalue weighted by atomic mass is 9.95. The van der Waals surface area contributed by atoms with E-state index >= 15 is 0 Å². The predicted octanol–water partition coefficient (Wildman–Crippen LogP) is 0.771. The van der Waals surface area contributed by atoms with E-state index in [0.29, 0.717) is 6.54 Å². The van der Waals surface area contributed by atoms with Crippen LogP contribution in [0.15, 0.2) is 12.3 Å². The summed E-state index contributed by atoms with van der Waals surface area (Å²) in [6.07, 6.45) is 3.85. The van der Waals surface area contributed by atoms with Gasteiger partial charge in [0, 0.05) is 32.4 Å². The van der Waals surface area contributed by atoms with Crippen molar-refractivity contribution >= 4 is 5.82 Å². The van der Waals surface area contributed by atoms with Crippen LogP contribution in [0.3, 0.4) is 0 Å². The van der Waals surface area contributed by atoms with Gasteiger partial charge in [-0.25, -0.2) is 0 Å². The summed E-state index contributed by atoms with van der Waals surface area (Å²) in [5.74, 6) is 0.965. The second-order valence-electron chi connectivity index (χ2n) is 4.37. The number of hydrogen-bond donors (Lipinski definition) is 1. The minimum Gasteiger partial charge on any atom is -0.388 e. The summed E-state index contributed by atoms with van der Waals surface area (Å²) < 4.78 is 1.79. The zero-order valence-corrected chi connectivity index (χ0v) is 8.77. The Hall–Kier alpha value is -1.03. The van der Waals surface area contributed by atoms with Gasteiger partial charge in [-0.1, -0.05) is 0 Å². The Morgan fingerprint density at radius 1 is 1.57 bits per heavy atom. The van der Waals surface area contributed by atoms with Gasteiger partial charge < -0.3 is 10.0 Å². The lowest BCUT2D eigenvalue weighted by molar-refractivity contribution is 0.0447. The largest absolute Gasteiger partial charge is 0.388 e. The van der Waals surface area contributed by atoms with Gasteiger partial charge in [-0.3, -0.25) is 4.68 Å². The van der Waals surface area contributed by atoms with Crippen molar-refractivity contribution in [2.24, 2.45) is 7.05 Å². The van der Waals surface area contributed by atoms with Gasteiger partial charge in [-0.2, -0.15) is 5.10 Å². The summed E-state index contributed by atoms with van der Waals surface area (Å²) in [6, 6.07) is 1.99. The monoisotopic (exact) mass is 195 g/mol. The highest BCUT2D eigenvalue weighted by Gasteiger charge is 2.29. The maximum absolute atomic E-state index is 9.94. The minimum atomic E-state index is -0.560. The molecule has 4 nitrogen and oxygen atoms in total. The van der Waals surface area contributed by atoms with Crippen LogP contribution in [-0.2, 0) is 7.05 Å². The number of aliphatic hydroxyl groups is 1. The number of piperidine rings is 1. The molecule has 2 heterocycles. The van der Waals surface area contributed by atoms with E-state index in [1.54, 1.807) is 4.68 Å². The third-order valence-electron chi connectivity index (χ3n) is 2.70. The topological polar surface area (TPSA) is 41.3 Å². The Morgan fingerprint density at radius 2 is 2.36 bits per heavy atom. The van der Waals surface area contributed by atoms with Gasteiger partial charge >= 0.3 is 0 Å². The van der Waals surface area contributed by atoms with Gasteiger partial charge in [-0.05, 0) is 19.8 Å². The first kappa shape index (κ1) is 9.52. The van der Waals surface area contributed by atoms with Gasteiger partial charge in [0.2, 0.25) is 0 Å². The van der Waals surface area contributed by atoms with Crippen molar-refractivity contribution in [1.82, 2.24) is 9.78 Å². The summed E-state index contributed by atoms with van der Waals surface area (Å²) in [5, 5.41) is 14.3. The quantitative estimate of drug-likeness (QED) is 0.719. The number of rotatable bonds is 1. The van der Waals surface area contributed by atoms with Gasteiger partial charge in [0.1, 0.15) is 0 Å². The second-order valence-corrected chi connectivity index (χ2v) is 4.37. The van der Waals surface area contributed by atoms with E-state index < -0.39 is 5.60 Å². The van der Waals surface area contributed by atoms with Crippen LogP contribution in [0.1, 0.15) is 19.8 Å². The fourth-order valence-electron chi connectivity index (χ4n) is 1.99. The average Bonchev–Trinajstić information content (AvgIpc) is 2.50. The molecule has 1 atom stereocenters. The van der Waals surface area contributed by atoms with Crippen LogP contribution in [0.25, 0.3) is 0 Å². The molecule has 0 bridgehead atoms. The molecule has 1 aromatic rings. The van der Waals surface area contributed by atoms with Crippen molar-refractivity contribution < 1.29 is 5.11 Å². The minimum absolute atomic E-state index is 0.560. The first-order chi connectivity index (χ1) is 6.57. The molecule has 1 fully saturated rings. The van der Waals surface area contributed by atoms with Crippen LogP contribution in [0.5, 0.6) is 0 Å². The van der Waals surface area contributed by atoms with Crippen LogP contribution in [0, 0.1) is 0 Å². The van der Waals surface area contributed by atoms with Crippen molar-refractivity contribution in [3.05, 3.63) is 12.3 Å². The smallest absolute Gasteiger partial charge is 0.150 e. The lowest BCUT2D eigenvalue weighted by Gasteiger charge is -2.36. The highest BCUT2D eigenvalue weighted by atomic mass is 16.3. The van der Waals surface area contributed by atoms with Crippen molar-refractivity contribution in [3.8, 4) is 0 Å². The van der Waals surface area contributed by atoms with Gasteiger partial charge in [0.05, 0.1) is 5.60 Å². The van der Waals surface area contributed by atoms with E-state index in [1.165, 1.54) is 0 Å². The number of anilines is 1. The Morgan fingerprint density at radius 3 is 2.93 bits per heavy atom. The molecule has 0 aromatic carbocycles. The highest BCUT2D eigenvalue weighted by molar-refractivity contribution is 5.38. The van der Waals surface area contributed by atoms with Crippen molar-refractivity contribution in [3.63, 3.8) is 0 Å². The Labute approximate surface area is 84.1 Å². The molecule has 0 amide bonds. The second kappa shape index (κ2) is 3.28. The highest BCUT2D eigenvalue weighted by Crippen LogP contribution is 2.23. The SMILES string of the molecule is Cn1ccc(N2CCC[C@](C)(O)C2)n1. The molecule has 2 rings (SSSR count). The maximum Gasteiger partial charge on any atom is 0.150 e. The molecule has 1 aromatic heterocycles. The van der Waals surface area contributed by atoms with Crippen LogP contribution >= 0.6 is 0 Å². The van der Waals surface area contributed by atoms with Crippen LogP contribution < -0.4 is 4.90 Å². The Kier molecular flexibility index (Phi) is 2.23. The first-order valence-electron chi connectivity index (χ1n) is 5.04. The van der Waals surface area contributed by atoms with E-state index in [4.69, 9.17) is 0 Å². The van der Waals surface area contributed by atoms with Gasteiger partial charge in [0.15, 0.2) is 5.82 Å². The molecular weight excluding hydrogens is 178 g/mol. The third kappa shape index (κ3) is 1.90. The molecule has 78 valence electrons. The number of aryl methyl sites for hydroxylation is 1. The van der Waals surface area contributed by atoms with Crippen molar-refractivity contribution in [1.29, 1.82) is 0 Å². The molecule has 0 saturated carbocycles. The summed E-state index contributed by atoms with van der Waals surface area (Å²) in [4.78, 5) is 2.14. The van der Waals surface area contributed by atoms with Crippen LogP contribution in [-0.4, -0.2) is 33.6 Å². The molecule has 4 heteroatoms. The van der Waals surface area contributed by atoms with Crippen molar-refractivity contribution in [2.45, 2.75) is 25.4 Å².